The smallest absolute Gasteiger partial charge is 0.202 e. The molecule has 0 saturated heterocycles. The molecular formula is C17H23N2O3. The lowest BCUT2D eigenvalue weighted by Gasteiger charge is -2.10. The van der Waals surface area contributed by atoms with Gasteiger partial charge in [-0.2, -0.15) is 0 Å². The van der Waals surface area contributed by atoms with Crippen molar-refractivity contribution in [2.24, 2.45) is 5.73 Å². The van der Waals surface area contributed by atoms with Crippen molar-refractivity contribution in [2.45, 2.75) is 45.1 Å². The number of rotatable bonds is 10. The van der Waals surface area contributed by atoms with Crippen molar-refractivity contribution < 1.29 is 14.7 Å². The van der Waals surface area contributed by atoms with Gasteiger partial charge in [-0.15, -0.1) is 0 Å². The molecule has 1 aromatic rings. The normalized spacial score (nSPS) is 12.1. The summed E-state index contributed by atoms with van der Waals surface area (Å²) in [6, 6.07) is 7.75. The largest absolute Gasteiger partial charge is 0.385 e. The number of nitrogens with two attached hydrogens (primary N) is 1. The van der Waals surface area contributed by atoms with Crippen molar-refractivity contribution in [3.8, 4) is 0 Å². The summed E-state index contributed by atoms with van der Waals surface area (Å²) in [7, 11) is 0. The van der Waals surface area contributed by atoms with Crippen LogP contribution in [-0.4, -0.2) is 29.1 Å². The van der Waals surface area contributed by atoms with E-state index in [1.54, 1.807) is 0 Å². The fourth-order valence-corrected chi connectivity index (χ4v) is 2.24. The quantitative estimate of drug-likeness (QED) is 0.264. The third kappa shape index (κ3) is 5.77. The van der Waals surface area contributed by atoms with Crippen molar-refractivity contribution >= 4 is 17.9 Å². The van der Waals surface area contributed by atoms with E-state index >= 15 is 0 Å². The highest BCUT2D eigenvalue weighted by Crippen LogP contribution is 2.17. The van der Waals surface area contributed by atoms with E-state index in [9.17, 15) is 14.7 Å². The Morgan fingerprint density at radius 2 is 1.91 bits per heavy atom. The summed E-state index contributed by atoms with van der Waals surface area (Å²) in [6.45, 7) is 1.88. The standard InChI is InChI=1S/C17H23N2O3/c1-2-14(16(22)11-20)5-3-4-12-6-8-13(9-7-12)10-15(21)17(18)19/h6-9,11,15,21H,2-5,10H2,1H3,(H3,18,19). The van der Waals surface area contributed by atoms with Crippen LogP contribution in [0.15, 0.2) is 24.3 Å². The zero-order chi connectivity index (χ0) is 16.5. The molecule has 0 aliphatic heterocycles. The Morgan fingerprint density at radius 1 is 1.32 bits per heavy atom. The van der Waals surface area contributed by atoms with Gasteiger partial charge in [-0.05, 0) is 36.8 Å². The Morgan fingerprint density at radius 3 is 2.41 bits per heavy atom. The van der Waals surface area contributed by atoms with Crippen molar-refractivity contribution in [1.29, 1.82) is 5.41 Å². The van der Waals surface area contributed by atoms with E-state index in [1.165, 1.54) is 0 Å². The molecule has 1 atom stereocenters. The van der Waals surface area contributed by atoms with Crippen LogP contribution in [0.2, 0.25) is 0 Å². The number of nitrogens with one attached hydrogen (secondary N) is 1. The number of Topliss-reactive ketones (excluding diaryl/α,β-unsaturated/α-hetero) is 1. The molecule has 1 radical (unpaired) electrons. The minimum atomic E-state index is -0.943. The second-order valence-electron chi connectivity index (χ2n) is 5.28. The van der Waals surface area contributed by atoms with Crippen molar-refractivity contribution in [1.82, 2.24) is 0 Å². The lowest BCUT2D eigenvalue weighted by molar-refractivity contribution is -0.128. The van der Waals surface area contributed by atoms with E-state index in [1.807, 2.05) is 31.2 Å². The molecule has 0 saturated carbocycles. The molecular weight excluding hydrogens is 280 g/mol. The maximum absolute atomic E-state index is 11.3. The zero-order valence-electron chi connectivity index (χ0n) is 12.8. The fraction of sp³-hybridized carbons (Fsp3) is 0.412. The molecule has 0 fully saturated rings. The van der Waals surface area contributed by atoms with Gasteiger partial charge >= 0.3 is 0 Å². The summed E-state index contributed by atoms with van der Waals surface area (Å²) >= 11 is 0. The summed E-state index contributed by atoms with van der Waals surface area (Å²) in [5.41, 5.74) is 7.29. The predicted octanol–water partition coefficient (Wildman–Crippen LogP) is 1.60. The minimum Gasteiger partial charge on any atom is -0.385 e. The molecule has 1 unspecified atom stereocenters. The number of hydrogen-bond donors (Lipinski definition) is 3. The molecule has 0 amide bonds. The summed E-state index contributed by atoms with van der Waals surface area (Å²) in [5.74, 6) is 0.0545. The van der Waals surface area contributed by atoms with Gasteiger partial charge in [-0.3, -0.25) is 15.0 Å². The second-order valence-corrected chi connectivity index (χ2v) is 5.28. The number of aldehydes is 1. The Hall–Kier alpha value is -2.01. The average Bonchev–Trinajstić information content (AvgIpc) is 2.52. The average molecular weight is 303 g/mol. The van der Waals surface area contributed by atoms with E-state index in [2.05, 4.69) is 0 Å². The van der Waals surface area contributed by atoms with E-state index in [0.29, 0.717) is 31.5 Å². The summed E-state index contributed by atoms with van der Waals surface area (Å²) < 4.78 is 0. The molecule has 5 nitrogen and oxygen atoms in total. The molecule has 0 heterocycles. The Balaban J connectivity index is 2.46. The van der Waals surface area contributed by atoms with E-state index in [0.717, 1.165) is 24.0 Å². The highest BCUT2D eigenvalue weighted by molar-refractivity contribution is 6.31. The summed E-state index contributed by atoms with van der Waals surface area (Å²) in [5, 5.41) is 16.7. The van der Waals surface area contributed by atoms with E-state index < -0.39 is 11.9 Å². The first-order chi connectivity index (χ1) is 10.5. The Kier molecular flexibility index (Phi) is 7.46. The summed E-state index contributed by atoms with van der Waals surface area (Å²) in [6.07, 6.45) is 2.66. The zero-order valence-corrected chi connectivity index (χ0v) is 12.8. The molecule has 0 aliphatic rings. The third-order valence-corrected chi connectivity index (χ3v) is 3.64. The predicted molar refractivity (Wildman–Crippen MR) is 85.6 cm³/mol. The highest BCUT2D eigenvalue weighted by Gasteiger charge is 2.15. The van der Waals surface area contributed by atoms with Gasteiger partial charge in [0.25, 0.3) is 0 Å². The molecule has 22 heavy (non-hydrogen) atoms. The van der Waals surface area contributed by atoms with Gasteiger partial charge in [-0.1, -0.05) is 31.2 Å². The molecule has 0 bridgehead atoms. The van der Waals surface area contributed by atoms with Gasteiger partial charge in [0.15, 0.2) is 6.29 Å². The van der Waals surface area contributed by atoms with Crippen LogP contribution >= 0.6 is 0 Å². The van der Waals surface area contributed by atoms with Gasteiger partial charge in [0.05, 0.1) is 0 Å². The number of amidine groups is 1. The van der Waals surface area contributed by atoms with Crippen molar-refractivity contribution in [2.75, 3.05) is 0 Å². The molecule has 4 N–H and O–H groups in total. The molecule has 119 valence electrons. The highest BCUT2D eigenvalue weighted by atomic mass is 16.3. The fourth-order valence-electron chi connectivity index (χ4n) is 2.24. The minimum absolute atomic E-state index is 0.230. The molecule has 1 rings (SSSR count). The number of ketones is 1. The van der Waals surface area contributed by atoms with Crippen LogP contribution in [0, 0.1) is 11.3 Å². The van der Waals surface area contributed by atoms with Gasteiger partial charge < -0.3 is 10.8 Å². The van der Waals surface area contributed by atoms with Crippen LogP contribution in [0.3, 0.4) is 0 Å². The lowest BCUT2D eigenvalue weighted by atomic mass is 9.93. The number of aliphatic hydroxyl groups is 1. The Labute approximate surface area is 131 Å². The number of carbonyl (C=O) groups is 2. The second kappa shape index (κ2) is 9.10. The van der Waals surface area contributed by atoms with Crippen LogP contribution in [0.5, 0.6) is 0 Å². The lowest BCUT2D eigenvalue weighted by Crippen LogP contribution is -2.29. The van der Waals surface area contributed by atoms with Gasteiger partial charge in [0.1, 0.15) is 11.9 Å². The number of hydrogen-bond acceptors (Lipinski definition) is 4. The monoisotopic (exact) mass is 303 g/mol. The van der Waals surface area contributed by atoms with Crippen LogP contribution in [-0.2, 0) is 22.4 Å². The van der Waals surface area contributed by atoms with E-state index in [-0.39, 0.29) is 5.84 Å². The maximum atomic E-state index is 11.3. The van der Waals surface area contributed by atoms with Crippen molar-refractivity contribution in [3.63, 3.8) is 0 Å². The first-order valence-electron chi connectivity index (χ1n) is 7.41. The molecule has 0 aliphatic carbocycles. The summed E-state index contributed by atoms with van der Waals surface area (Å²) in [4.78, 5) is 21.8. The number of aryl methyl sites for hydroxylation is 1. The van der Waals surface area contributed by atoms with Gasteiger partial charge in [-0.25, -0.2) is 0 Å². The van der Waals surface area contributed by atoms with Crippen molar-refractivity contribution in [3.05, 3.63) is 41.3 Å². The number of carbonyl (C=O) groups excluding carboxylic acids is 2. The molecule has 0 spiro atoms. The van der Waals surface area contributed by atoms with Gasteiger partial charge in [0.2, 0.25) is 5.78 Å². The van der Waals surface area contributed by atoms with Crippen LogP contribution in [0.4, 0.5) is 0 Å². The molecule has 0 aromatic heterocycles. The van der Waals surface area contributed by atoms with Crippen LogP contribution < -0.4 is 5.73 Å². The maximum Gasteiger partial charge on any atom is 0.202 e. The molecule has 1 aromatic carbocycles. The third-order valence-electron chi connectivity index (χ3n) is 3.64. The van der Waals surface area contributed by atoms with Gasteiger partial charge in [0, 0.05) is 12.3 Å². The first kappa shape index (κ1) is 18.0. The molecule has 5 heteroatoms. The SMILES string of the molecule is CC[C](CCCc1ccc(CC(O)C(=N)N)cc1)C(=O)C=O. The first-order valence-corrected chi connectivity index (χ1v) is 7.41. The number of aliphatic hydroxyl groups excluding tert-OH is 1. The number of benzene rings is 1. The van der Waals surface area contributed by atoms with Crippen LogP contribution in [0.25, 0.3) is 0 Å². The van der Waals surface area contributed by atoms with Crippen LogP contribution in [0.1, 0.15) is 37.3 Å². The van der Waals surface area contributed by atoms with E-state index in [4.69, 9.17) is 11.1 Å². The topological polar surface area (TPSA) is 104 Å². The Bertz CT molecular complexity index is 511.